The van der Waals surface area contributed by atoms with E-state index in [4.69, 9.17) is 37.4 Å². The molecule has 178 valence electrons. The van der Waals surface area contributed by atoms with Gasteiger partial charge in [-0.3, -0.25) is 9.59 Å². The van der Waals surface area contributed by atoms with Gasteiger partial charge in [0.1, 0.15) is 0 Å². The van der Waals surface area contributed by atoms with Crippen molar-refractivity contribution in [1.29, 1.82) is 0 Å². The van der Waals surface area contributed by atoms with Crippen LogP contribution in [0.15, 0.2) is 30.3 Å². The molecule has 0 aromatic heterocycles. The summed E-state index contributed by atoms with van der Waals surface area (Å²) < 4.78 is 16.4. The second kappa shape index (κ2) is 10.5. The predicted octanol–water partition coefficient (Wildman–Crippen LogP) is 4.35. The summed E-state index contributed by atoms with van der Waals surface area (Å²) in [5.74, 6) is 0.469. The molecule has 0 unspecified atom stereocenters. The number of carbonyl (C=O) groups is 2. The number of ether oxygens (including phenoxy) is 3. The molecule has 0 saturated carbocycles. The van der Waals surface area contributed by atoms with Gasteiger partial charge in [0.2, 0.25) is 11.7 Å². The molecule has 7 nitrogen and oxygen atoms in total. The number of methoxy groups -OCH3 is 3. The van der Waals surface area contributed by atoms with Gasteiger partial charge < -0.3 is 24.0 Å². The van der Waals surface area contributed by atoms with Crippen LogP contribution in [0, 0.1) is 5.92 Å². The molecule has 1 saturated heterocycles. The highest BCUT2D eigenvalue weighted by molar-refractivity contribution is 6.36. The van der Waals surface area contributed by atoms with Gasteiger partial charge in [-0.2, -0.15) is 0 Å². The third kappa shape index (κ3) is 4.99. The minimum Gasteiger partial charge on any atom is -0.493 e. The van der Waals surface area contributed by atoms with Crippen molar-refractivity contribution in [2.45, 2.75) is 12.8 Å². The molecule has 1 fully saturated rings. The Kier molecular flexibility index (Phi) is 7.97. The van der Waals surface area contributed by atoms with Crippen molar-refractivity contribution in [2.75, 3.05) is 48.0 Å². The highest BCUT2D eigenvalue weighted by Crippen LogP contribution is 2.44. The van der Waals surface area contributed by atoms with Gasteiger partial charge in [0, 0.05) is 37.6 Å². The van der Waals surface area contributed by atoms with Crippen LogP contribution >= 0.6 is 23.2 Å². The van der Waals surface area contributed by atoms with Crippen molar-refractivity contribution in [1.82, 2.24) is 9.80 Å². The van der Waals surface area contributed by atoms with E-state index in [1.165, 1.54) is 13.2 Å². The number of carbonyl (C=O) groups excluding carboxylic acids is 2. The summed E-state index contributed by atoms with van der Waals surface area (Å²) in [5.41, 5.74) is 1.17. The number of amides is 2. The second-order valence-electron chi connectivity index (χ2n) is 7.86. The van der Waals surface area contributed by atoms with E-state index >= 15 is 0 Å². The van der Waals surface area contributed by atoms with Crippen LogP contribution in [0.4, 0.5) is 0 Å². The van der Waals surface area contributed by atoms with Gasteiger partial charge >= 0.3 is 0 Å². The van der Waals surface area contributed by atoms with E-state index in [-0.39, 0.29) is 29.3 Å². The average molecular weight is 495 g/mol. The Morgan fingerprint density at radius 3 is 2.18 bits per heavy atom. The topological polar surface area (TPSA) is 68.3 Å². The molecule has 33 heavy (non-hydrogen) atoms. The zero-order chi connectivity index (χ0) is 24.3. The fourth-order valence-electron chi connectivity index (χ4n) is 4.15. The summed E-state index contributed by atoms with van der Waals surface area (Å²) in [7, 11) is 6.38. The average Bonchev–Trinajstić information content (AvgIpc) is 3.27. The van der Waals surface area contributed by atoms with E-state index in [1.807, 2.05) is 19.1 Å². The number of hydrogen-bond donors (Lipinski definition) is 0. The molecule has 9 heteroatoms. The van der Waals surface area contributed by atoms with Gasteiger partial charge in [0.15, 0.2) is 11.5 Å². The normalized spacial score (nSPS) is 17.6. The molecular formula is C24H28Cl2N2O5. The van der Waals surface area contributed by atoms with E-state index in [2.05, 4.69) is 0 Å². The number of hydrogen-bond acceptors (Lipinski definition) is 5. The van der Waals surface area contributed by atoms with E-state index in [1.54, 1.807) is 43.2 Å². The summed E-state index contributed by atoms with van der Waals surface area (Å²) in [6, 6.07) is 8.44. The number of likely N-dealkylation sites (tertiary alicyclic amines) is 1. The lowest BCUT2D eigenvalue weighted by atomic mass is 9.87. The van der Waals surface area contributed by atoms with Crippen LogP contribution in [0.5, 0.6) is 17.2 Å². The lowest BCUT2D eigenvalue weighted by Gasteiger charge is -2.24. The molecule has 0 bridgehead atoms. The Morgan fingerprint density at radius 2 is 1.67 bits per heavy atom. The summed E-state index contributed by atoms with van der Waals surface area (Å²) in [4.78, 5) is 29.9. The van der Waals surface area contributed by atoms with Crippen molar-refractivity contribution in [3.63, 3.8) is 0 Å². The van der Waals surface area contributed by atoms with Gasteiger partial charge in [0.05, 0.1) is 37.8 Å². The first-order chi connectivity index (χ1) is 15.7. The van der Waals surface area contributed by atoms with E-state index in [9.17, 15) is 9.59 Å². The van der Waals surface area contributed by atoms with Crippen LogP contribution in [-0.2, 0) is 4.79 Å². The van der Waals surface area contributed by atoms with Crippen molar-refractivity contribution >= 4 is 35.0 Å². The molecule has 1 heterocycles. The number of nitrogens with zero attached hydrogens (tertiary/aromatic N) is 2. The van der Waals surface area contributed by atoms with Crippen molar-refractivity contribution in [3.8, 4) is 17.2 Å². The lowest BCUT2D eigenvalue weighted by molar-refractivity contribution is -0.133. The largest absolute Gasteiger partial charge is 0.493 e. The third-order valence-electron chi connectivity index (χ3n) is 6.05. The van der Waals surface area contributed by atoms with Crippen LogP contribution in [0.1, 0.15) is 28.8 Å². The Morgan fingerprint density at radius 1 is 1.03 bits per heavy atom. The molecule has 2 amide bonds. The van der Waals surface area contributed by atoms with Gasteiger partial charge in [-0.1, -0.05) is 23.2 Å². The van der Waals surface area contributed by atoms with E-state index < -0.39 is 5.92 Å². The van der Waals surface area contributed by atoms with Crippen LogP contribution in [0.2, 0.25) is 10.0 Å². The van der Waals surface area contributed by atoms with Crippen molar-refractivity contribution < 1.29 is 23.8 Å². The highest BCUT2D eigenvalue weighted by Gasteiger charge is 2.42. The van der Waals surface area contributed by atoms with Crippen LogP contribution in [0.3, 0.4) is 0 Å². The second-order valence-corrected chi connectivity index (χ2v) is 8.70. The summed E-state index contributed by atoms with van der Waals surface area (Å²) >= 11 is 12.3. The fourth-order valence-corrected chi connectivity index (χ4v) is 4.63. The number of benzene rings is 2. The molecule has 1 aliphatic rings. The summed E-state index contributed by atoms with van der Waals surface area (Å²) in [5, 5.41) is 0.725. The molecule has 0 radical (unpaired) electrons. The molecule has 0 aliphatic carbocycles. The van der Waals surface area contributed by atoms with Gasteiger partial charge in [-0.25, -0.2) is 0 Å². The Hall–Kier alpha value is -2.64. The maximum Gasteiger partial charge on any atom is 0.255 e. The monoisotopic (exact) mass is 494 g/mol. The minimum atomic E-state index is -0.437. The summed E-state index contributed by atoms with van der Waals surface area (Å²) in [6.07, 6.45) is 0. The Balaban J connectivity index is 2.03. The molecule has 3 rings (SSSR count). The van der Waals surface area contributed by atoms with Crippen molar-refractivity contribution in [3.05, 3.63) is 51.5 Å². The number of halogens is 2. The first-order valence-corrected chi connectivity index (χ1v) is 11.3. The van der Waals surface area contributed by atoms with E-state index in [0.717, 1.165) is 5.56 Å². The first kappa shape index (κ1) is 25.0. The molecule has 1 aliphatic heterocycles. The SMILES string of the molecule is CCN(C)C(=O)[C@H]1CN(C(=O)c2ccc(Cl)cc2Cl)C[C@@H]1c1cc(OC)c(OC)c(OC)c1. The van der Waals surface area contributed by atoms with Gasteiger partial charge in [-0.15, -0.1) is 0 Å². The first-order valence-electron chi connectivity index (χ1n) is 10.5. The standard InChI is InChI=1S/C24H28Cl2N2O5/c1-6-27(2)23(29)18-13-28(24(30)16-8-7-15(25)11-19(16)26)12-17(18)14-9-20(31-3)22(33-5)21(10-14)32-4/h7-11,17-18H,6,12-13H2,1-5H3/t17-,18+/m1/s1. The third-order valence-corrected chi connectivity index (χ3v) is 6.60. The highest BCUT2D eigenvalue weighted by atomic mass is 35.5. The molecule has 0 spiro atoms. The maximum absolute atomic E-state index is 13.3. The molecule has 0 N–H and O–H groups in total. The predicted molar refractivity (Wildman–Crippen MR) is 128 cm³/mol. The quantitative estimate of drug-likeness (QED) is 0.572. The number of rotatable bonds is 7. The zero-order valence-corrected chi connectivity index (χ0v) is 20.9. The maximum atomic E-state index is 13.3. The molecule has 2 atom stereocenters. The fraction of sp³-hybridized carbons (Fsp3) is 0.417. The van der Waals surface area contributed by atoms with Gasteiger partial charge in [0.25, 0.3) is 5.91 Å². The van der Waals surface area contributed by atoms with Crippen LogP contribution in [0.25, 0.3) is 0 Å². The van der Waals surface area contributed by atoms with Crippen molar-refractivity contribution in [2.24, 2.45) is 5.92 Å². The Labute approximate surface area is 204 Å². The zero-order valence-electron chi connectivity index (χ0n) is 19.4. The molecular weight excluding hydrogens is 467 g/mol. The summed E-state index contributed by atoms with van der Waals surface area (Å²) in [6.45, 7) is 3.08. The molecule has 2 aromatic carbocycles. The Bertz CT molecular complexity index is 1020. The van der Waals surface area contributed by atoms with Gasteiger partial charge in [-0.05, 0) is 42.8 Å². The lowest BCUT2D eigenvalue weighted by Crippen LogP contribution is -2.37. The van der Waals surface area contributed by atoms with Crippen LogP contribution in [-0.4, -0.2) is 69.6 Å². The van der Waals surface area contributed by atoms with Crippen LogP contribution < -0.4 is 14.2 Å². The molecule has 2 aromatic rings. The smallest absolute Gasteiger partial charge is 0.255 e. The van der Waals surface area contributed by atoms with E-state index in [0.29, 0.717) is 40.9 Å². The minimum absolute atomic E-state index is 0.0336.